The number of likely N-dealkylation sites (N-methyl/N-ethyl adjacent to an activating group) is 1. The fraction of sp³-hybridized carbons (Fsp3) is 0.444. The van der Waals surface area contributed by atoms with Crippen molar-refractivity contribution in [2.24, 2.45) is 0 Å². The third kappa shape index (κ3) is 4.93. The minimum atomic E-state index is -0.262. The van der Waals surface area contributed by atoms with E-state index in [1.54, 1.807) is 0 Å². The van der Waals surface area contributed by atoms with Gasteiger partial charge in [0.05, 0.1) is 6.20 Å². The summed E-state index contributed by atoms with van der Waals surface area (Å²) >= 11 is 0. The highest BCUT2D eigenvalue weighted by molar-refractivity contribution is 5.83. The van der Waals surface area contributed by atoms with Gasteiger partial charge >= 0.3 is 0 Å². The Morgan fingerprint density at radius 1 is 1.22 bits per heavy atom. The van der Waals surface area contributed by atoms with Gasteiger partial charge in [-0.3, -0.25) is 14.4 Å². The predicted molar refractivity (Wildman–Crippen MR) is 92.2 cm³/mol. The third-order valence-corrected chi connectivity index (χ3v) is 3.78. The Bertz CT molecular complexity index is 631. The number of carbonyl (C=O) groups excluding carboxylic acids is 1. The molecule has 0 saturated carbocycles. The average Bonchev–Trinajstić information content (AvgIpc) is 2.91. The molecule has 5 heteroatoms. The van der Waals surface area contributed by atoms with Gasteiger partial charge < -0.3 is 5.32 Å². The molecular formula is C18H26N4O. The molecule has 1 amide bonds. The molecule has 0 radical (unpaired) electrons. The van der Waals surface area contributed by atoms with Gasteiger partial charge in [0.2, 0.25) is 5.91 Å². The van der Waals surface area contributed by atoms with E-state index in [0.717, 1.165) is 24.1 Å². The van der Waals surface area contributed by atoms with Crippen LogP contribution in [0.2, 0.25) is 0 Å². The first-order valence-corrected chi connectivity index (χ1v) is 7.97. The first kappa shape index (κ1) is 17.2. The summed E-state index contributed by atoms with van der Waals surface area (Å²) in [7, 11) is 3.85. The van der Waals surface area contributed by atoms with Gasteiger partial charge in [-0.15, -0.1) is 0 Å². The van der Waals surface area contributed by atoms with Gasteiger partial charge in [0.15, 0.2) is 0 Å². The molecule has 0 spiro atoms. The summed E-state index contributed by atoms with van der Waals surface area (Å²) in [5.74, 6) is 0.0375. The minimum Gasteiger partial charge on any atom is -0.354 e. The number of hydrogen-bond donors (Lipinski definition) is 1. The van der Waals surface area contributed by atoms with E-state index in [2.05, 4.69) is 10.4 Å². The van der Waals surface area contributed by atoms with Crippen molar-refractivity contribution in [3.8, 4) is 0 Å². The lowest BCUT2D eigenvalue weighted by Crippen LogP contribution is -2.37. The van der Waals surface area contributed by atoms with Crippen LogP contribution in [0.15, 0.2) is 36.7 Å². The van der Waals surface area contributed by atoms with E-state index < -0.39 is 0 Å². The van der Waals surface area contributed by atoms with Gasteiger partial charge in [0.25, 0.3) is 0 Å². The van der Waals surface area contributed by atoms with E-state index in [4.69, 9.17) is 0 Å². The van der Waals surface area contributed by atoms with Crippen LogP contribution in [-0.2, 0) is 11.3 Å². The van der Waals surface area contributed by atoms with Crippen LogP contribution in [0.4, 0.5) is 0 Å². The van der Waals surface area contributed by atoms with Crippen molar-refractivity contribution < 1.29 is 4.79 Å². The van der Waals surface area contributed by atoms with Crippen LogP contribution in [0.3, 0.4) is 0 Å². The van der Waals surface area contributed by atoms with E-state index >= 15 is 0 Å². The normalized spacial score (nSPS) is 12.4. The molecule has 124 valence electrons. The molecule has 5 nitrogen and oxygen atoms in total. The van der Waals surface area contributed by atoms with Gasteiger partial charge in [-0.25, -0.2) is 0 Å². The van der Waals surface area contributed by atoms with Crippen molar-refractivity contribution in [1.29, 1.82) is 0 Å². The van der Waals surface area contributed by atoms with Crippen molar-refractivity contribution in [2.45, 2.75) is 32.9 Å². The Morgan fingerprint density at radius 2 is 1.91 bits per heavy atom. The number of aryl methyl sites for hydroxylation is 3. The zero-order valence-corrected chi connectivity index (χ0v) is 14.4. The minimum absolute atomic E-state index is 0.0375. The molecule has 0 aliphatic heterocycles. The van der Waals surface area contributed by atoms with E-state index in [0.29, 0.717) is 6.54 Å². The summed E-state index contributed by atoms with van der Waals surface area (Å²) in [6.07, 6.45) is 4.72. The predicted octanol–water partition coefficient (Wildman–Crippen LogP) is 2.31. The molecule has 1 atom stereocenters. The second-order valence-electron chi connectivity index (χ2n) is 6.20. The molecule has 2 rings (SSSR count). The third-order valence-electron chi connectivity index (χ3n) is 3.78. The number of nitrogens with one attached hydrogen (secondary N) is 1. The highest BCUT2D eigenvalue weighted by Gasteiger charge is 2.22. The lowest BCUT2D eigenvalue weighted by molar-refractivity contribution is -0.125. The van der Waals surface area contributed by atoms with Crippen LogP contribution in [0, 0.1) is 13.8 Å². The number of carbonyl (C=O) groups is 1. The van der Waals surface area contributed by atoms with Gasteiger partial charge in [0.1, 0.15) is 6.04 Å². The smallest absolute Gasteiger partial charge is 0.241 e. The van der Waals surface area contributed by atoms with E-state index in [9.17, 15) is 4.79 Å². The van der Waals surface area contributed by atoms with E-state index in [1.807, 2.05) is 74.2 Å². The molecule has 0 aliphatic rings. The maximum absolute atomic E-state index is 12.5. The lowest BCUT2D eigenvalue weighted by Gasteiger charge is -2.24. The molecule has 2 aromatic rings. The van der Waals surface area contributed by atoms with Gasteiger partial charge in [0, 0.05) is 19.3 Å². The van der Waals surface area contributed by atoms with Crippen molar-refractivity contribution in [1.82, 2.24) is 20.0 Å². The van der Waals surface area contributed by atoms with Crippen LogP contribution >= 0.6 is 0 Å². The van der Waals surface area contributed by atoms with Crippen molar-refractivity contribution in [3.63, 3.8) is 0 Å². The molecular weight excluding hydrogens is 288 g/mol. The molecule has 1 heterocycles. The van der Waals surface area contributed by atoms with Crippen molar-refractivity contribution >= 4 is 5.91 Å². The maximum atomic E-state index is 12.5. The van der Waals surface area contributed by atoms with Gasteiger partial charge in [-0.2, -0.15) is 5.10 Å². The standard InChI is InChI=1S/C18H26N4O/c1-14-6-8-16(9-7-14)17(21(3)4)18(23)19-10-5-11-22-13-15(2)12-20-22/h6-9,12-13,17H,5,10-11H2,1-4H3,(H,19,23)/t17-/m1/s1. The summed E-state index contributed by atoms with van der Waals surface area (Å²) < 4.78 is 1.91. The first-order valence-electron chi connectivity index (χ1n) is 7.97. The largest absolute Gasteiger partial charge is 0.354 e. The molecule has 0 fully saturated rings. The SMILES string of the molecule is Cc1ccc([C@H](C(=O)NCCCn2cc(C)cn2)N(C)C)cc1. The molecule has 0 aliphatic carbocycles. The molecule has 23 heavy (non-hydrogen) atoms. The summed E-state index contributed by atoms with van der Waals surface area (Å²) in [5.41, 5.74) is 3.36. The monoisotopic (exact) mass is 314 g/mol. The Balaban J connectivity index is 1.87. The zero-order valence-electron chi connectivity index (χ0n) is 14.4. The summed E-state index contributed by atoms with van der Waals surface area (Å²) in [4.78, 5) is 14.5. The number of nitrogens with zero attached hydrogens (tertiary/aromatic N) is 3. The number of aromatic nitrogens is 2. The van der Waals surface area contributed by atoms with Crippen LogP contribution in [0.1, 0.15) is 29.2 Å². The van der Waals surface area contributed by atoms with Crippen LogP contribution in [0.25, 0.3) is 0 Å². The number of benzene rings is 1. The van der Waals surface area contributed by atoms with Crippen molar-refractivity contribution in [3.05, 3.63) is 53.3 Å². The molecule has 0 saturated heterocycles. The Kier molecular flexibility index (Phi) is 5.93. The van der Waals surface area contributed by atoms with Gasteiger partial charge in [-0.1, -0.05) is 29.8 Å². The quantitative estimate of drug-likeness (QED) is 0.798. The van der Waals surface area contributed by atoms with E-state index in [1.165, 1.54) is 5.56 Å². The topological polar surface area (TPSA) is 50.2 Å². The lowest BCUT2D eigenvalue weighted by atomic mass is 10.0. The van der Waals surface area contributed by atoms with Crippen LogP contribution in [0.5, 0.6) is 0 Å². The molecule has 1 aromatic carbocycles. The number of rotatable bonds is 7. The van der Waals surface area contributed by atoms with E-state index in [-0.39, 0.29) is 11.9 Å². The fourth-order valence-electron chi connectivity index (χ4n) is 2.57. The Hall–Kier alpha value is -2.14. The van der Waals surface area contributed by atoms with Crippen molar-refractivity contribution in [2.75, 3.05) is 20.6 Å². The first-order chi connectivity index (χ1) is 11.0. The zero-order chi connectivity index (χ0) is 16.8. The van der Waals surface area contributed by atoms with Crippen LogP contribution in [-0.4, -0.2) is 41.2 Å². The second kappa shape index (κ2) is 7.92. The van der Waals surface area contributed by atoms with Crippen LogP contribution < -0.4 is 5.32 Å². The fourth-order valence-corrected chi connectivity index (χ4v) is 2.57. The summed E-state index contributed by atoms with van der Waals surface area (Å²) in [6.45, 7) is 5.53. The summed E-state index contributed by atoms with van der Waals surface area (Å²) in [6, 6.07) is 7.86. The average molecular weight is 314 g/mol. The highest BCUT2D eigenvalue weighted by Crippen LogP contribution is 2.18. The van der Waals surface area contributed by atoms with Gasteiger partial charge in [-0.05, 0) is 45.5 Å². The molecule has 0 unspecified atom stereocenters. The molecule has 1 aromatic heterocycles. The Labute approximate surface area is 138 Å². The summed E-state index contributed by atoms with van der Waals surface area (Å²) in [5, 5.41) is 7.28. The highest BCUT2D eigenvalue weighted by atomic mass is 16.2. The molecule has 0 bridgehead atoms. The Morgan fingerprint density at radius 3 is 2.48 bits per heavy atom. The molecule has 1 N–H and O–H groups in total. The number of hydrogen-bond acceptors (Lipinski definition) is 3. The second-order valence-corrected chi connectivity index (χ2v) is 6.20. The maximum Gasteiger partial charge on any atom is 0.241 e. The number of amides is 1.